The Morgan fingerprint density at radius 2 is 1.80 bits per heavy atom. The maximum atomic E-state index is 12.0. The van der Waals surface area contributed by atoms with Crippen molar-refractivity contribution in [3.63, 3.8) is 0 Å². The number of hydrogen-bond donors (Lipinski definition) is 0. The molecule has 20 heavy (non-hydrogen) atoms. The second kappa shape index (κ2) is 6.41. The van der Waals surface area contributed by atoms with E-state index in [0.29, 0.717) is 30.4 Å². The predicted molar refractivity (Wildman–Crippen MR) is 76.5 cm³/mol. The van der Waals surface area contributed by atoms with E-state index in [-0.39, 0.29) is 11.7 Å². The number of pyridine rings is 1. The lowest BCUT2D eigenvalue weighted by Gasteiger charge is -2.33. The van der Waals surface area contributed by atoms with Crippen molar-refractivity contribution in [3.05, 3.63) is 28.0 Å². The molecule has 2 heterocycles. The van der Waals surface area contributed by atoms with Crippen LogP contribution in [0.3, 0.4) is 0 Å². The molecule has 0 aromatic carbocycles. The first-order chi connectivity index (χ1) is 9.52. The van der Waals surface area contributed by atoms with Gasteiger partial charge in [-0.1, -0.05) is 36.2 Å². The van der Waals surface area contributed by atoms with Gasteiger partial charge in [-0.05, 0) is 12.5 Å². The Bertz CT molecular complexity index is 536. The van der Waals surface area contributed by atoms with Gasteiger partial charge in [-0.3, -0.25) is 9.59 Å². The van der Waals surface area contributed by atoms with Gasteiger partial charge in [0, 0.05) is 31.7 Å². The molecule has 108 valence electrons. The molecule has 0 spiro atoms. The molecule has 1 aromatic rings. The Morgan fingerprint density at radius 1 is 1.15 bits per heavy atom. The Balaban J connectivity index is 2.07. The third-order valence-electron chi connectivity index (χ3n) is 3.14. The van der Waals surface area contributed by atoms with Crippen molar-refractivity contribution in [3.8, 4) is 0 Å². The highest BCUT2D eigenvalue weighted by molar-refractivity contribution is 6.35. The highest BCUT2D eigenvalue weighted by Crippen LogP contribution is 2.19. The van der Waals surface area contributed by atoms with Crippen LogP contribution < -0.4 is 0 Å². The summed E-state index contributed by atoms with van der Waals surface area (Å²) in [5, 5.41) is 0.558. The first kappa shape index (κ1) is 15.1. The summed E-state index contributed by atoms with van der Waals surface area (Å²) in [6, 6.07) is 3.33. The minimum Gasteiger partial charge on any atom is -0.333 e. The van der Waals surface area contributed by atoms with Crippen molar-refractivity contribution >= 4 is 35.0 Å². The van der Waals surface area contributed by atoms with Gasteiger partial charge in [-0.2, -0.15) is 0 Å². The number of rotatable bonds is 4. The molecular formula is C13H15Cl2N3O2. The van der Waals surface area contributed by atoms with Crippen LogP contribution in [0.1, 0.15) is 18.9 Å². The standard InChI is InChI=1S/C13H15Cl2N3O2/c1-2-5-17-6-7-18(13(20)12(17)19)8-9-3-4-10(14)16-11(9)15/h3-4H,2,5-8H2,1H3. The van der Waals surface area contributed by atoms with Crippen molar-refractivity contribution < 1.29 is 9.59 Å². The van der Waals surface area contributed by atoms with Gasteiger partial charge in [0.1, 0.15) is 10.3 Å². The molecule has 0 unspecified atom stereocenters. The van der Waals surface area contributed by atoms with E-state index in [4.69, 9.17) is 23.2 Å². The summed E-state index contributed by atoms with van der Waals surface area (Å²) in [5.41, 5.74) is 0.682. The van der Waals surface area contributed by atoms with Crippen LogP contribution in [-0.4, -0.2) is 46.2 Å². The van der Waals surface area contributed by atoms with E-state index in [1.54, 1.807) is 17.0 Å². The SMILES string of the molecule is CCCN1CCN(Cc2ccc(Cl)nc2Cl)C(=O)C1=O. The molecule has 0 bridgehead atoms. The number of piperazine rings is 1. The quantitative estimate of drug-likeness (QED) is 0.630. The lowest BCUT2D eigenvalue weighted by Crippen LogP contribution is -2.53. The van der Waals surface area contributed by atoms with Crippen molar-refractivity contribution in [1.29, 1.82) is 0 Å². The Kier molecular flexibility index (Phi) is 4.83. The smallest absolute Gasteiger partial charge is 0.312 e. The zero-order valence-corrected chi connectivity index (χ0v) is 12.6. The lowest BCUT2D eigenvalue weighted by atomic mass is 10.2. The van der Waals surface area contributed by atoms with Crippen LogP contribution in [0, 0.1) is 0 Å². The van der Waals surface area contributed by atoms with E-state index in [1.807, 2.05) is 6.92 Å². The summed E-state index contributed by atoms with van der Waals surface area (Å²) in [6.07, 6.45) is 0.839. The van der Waals surface area contributed by atoms with Crippen molar-refractivity contribution in [2.45, 2.75) is 19.9 Å². The number of carbonyl (C=O) groups excluding carboxylic acids is 2. The monoisotopic (exact) mass is 315 g/mol. The van der Waals surface area contributed by atoms with Gasteiger partial charge in [-0.15, -0.1) is 0 Å². The summed E-state index contributed by atoms with van der Waals surface area (Å²) in [5.74, 6) is -0.938. The number of carbonyl (C=O) groups is 2. The van der Waals surface area contributed by atoms with E-state index in [1.165, 1.54) is 4.90 Å². The molecule has 1 aromatic heterocycles. The van der Waals surface area contributed by atoms with Crippen molar-refractivity contribution in [2.75, 3.05) is 19.6 Å². The third-order valence-corrected chi connectivity index (χ3v) is 3.68. The first-order valence-electron chi connectivity index (χ1n) is 6.42. The van der Waals surface area contributed by atoms with E-state index < -0.39 is 11.8 Å². The van der Waals surface area contributed by atoms with Crippen LogP contribution in [-0.2, 0) is 16.1 Å². The average molecular weight is 316 g/mol. The molecule has 7 heteroatoms. The van der Waals surface area contributed by atoms with Crippen LogP contribution in [0.25, 0.3) is 0 Å². The van der Waals surface area contributed by atoms with Gasteiger partial charge in [-0.25, -0.2) is 4.98 Å². The zero-order chi connectivity index (χ0) is 14.7. The maximum absolute atomic E-state index is 12.0. The van der Waals surface area contributed by atoms with Crippen LogP contribution >= 0.6 is 23.2 Å². The summed E-state index contributed by atoms with van der Waals surface area (Å²) in [6.45, 7) is 3.92. The number of nitrogens with zero attached hydrogens (tertiary/aromatic N) is 3. The molecule has 1 fully saturated rings. The first-order valence-corrected chi connectivity index (χ1v) is 7.17. The van der Waals surface area contributed by atoms with Crippen LogP contribution in [0.5, 0.6) is 0 Å². The average Bonchev–Trinajstić information content (AvgIpc) is 2.41. The predicted octanol–water partition coefficient (Wildman–Crippen LogP) is 1.97. The molecule has 0 saturated carbocycles. The Morgan fingerprint density at radius 3 is 2.45 bits per heavy atom. The number of hydrogen-bond acceptors (Lipinski definition) is 3. The van der Waals surface area contributed by atoms with Gasteiger partial charge in [0.2, 0.25) is 0 Å². The third kappa shape index (κ3) is 3.22. The minimum absolute atomic E-state index is 0.258. The van der Waals surface area contributed by atoms with E-state index in [0.717, 1.165) is 6.42 Å². The fourth-order valence-electron chi connectivity index (χ4n) is 2.11. The minimum atomic E-state index is -0.490. The van der Waals surface area contributed by atoms with E-state index >= 15 is 0 Å². The molecule has 0 aliphatic carbocycles. The molecule has 0 N–H and O–H groups in total. The van der Waals surface area contributed by atoms with Crippen molar-refractivity contribution in [1.82, 2.24) is 14.8 Å². The highest BCUT2D eigenvalue weighted by atomic mass is 35.5. The Hall–Kier alpha value is -1.33. The summed E-state index contributed by atoms with van der Waals surface area (Å²) in [4.78, 5) is 31.0. The number of halogens is 2. The Labute approximate surface area is 127 Å². The zero-order valence-electron chi connectivity index (χ0n) is 11.1. The second-order valence-electron chi connectivity index (χ2n) is 4.60. The molecule has 1 aliphatic heterocycles. The van der Waals surface area contributed by atoms with Gasteiger partial charge < -0.3 is 9.80 Å². The van der Waals surface area contributed by atoms with Gasteiger partial charge in [0.05, 0.1) is 0 Å². The molecular weight excluding hydrogens is 301 g/mol. The lowest BCUT2D eigenvalue weighted by molar-refractivity contribution is -0.156. The summed E-state index contributed by atoms with van der Waals surface area (Å²) < 4.78 is 0. The molecule has 1 aliphatic rings. The fourth-order valence-corrected chi connectivity index (χ4v) is 2.52. The number of aromatic nitrogens is 1. The molecule has 5 nitrogen and oxygen atoms in total. The normalized spacial score (nSPS) is 15.9. The second-order valence-corrected chi connectivity index (χ2v) is 5.35. The number of amides is 2. The molecule has 2 amide bonds. The molecule has 2 rings (SSSR count). The van der Waals surface area contributed by atoms with E-state index in [9.17, 15) is 9.59 Å². The van der Waals surface area contributed by atoms with Crippen molar-refractivity contribution in [2.24, 2.45) is 0 Å². The summed E-state index contributed by atoms with van der Waals surface area (Å²) in [7, 11) is 0. The largest absolute Gasteiger partial charge is 0.333 e. The fraction of sp³-hybridized carbons (Fsp3) is 0.462. The summed E-state index contributed by atoms with van der Waals surface area (Å²) >= 11 is 11.7. The van der Waals surface area contributed by atoms with Gasteiger partial charge in [0.25, 0.3) is 0 Å². The molecule has 0 radical (unpaired) electrons. The maximum Gasteiger partial charge on any atom is 0.312 e. The van der Waals surface area contributed by atoms with Gasteiger partial charge >= 0.3 is 11.8 Å². The molecule has 1 saturated heterocycles. The topological polar surface area (TPSA) is 53.5 Å². The van der Waals surface area contributed by atoms with Crippen LogP contribution in [0.15, 0.2) is 12.1 Å². The van der Waals surface area contributed by atoms with E-state index in [2.05, 4.69) is 4.98 Å². The molecule has 0 atom stereocenters. The van der Waals surface area contributed by atoms with Crippen LogP contribution in [0.4, 0.5) is 0 Å². The van der Waals surface area contributed by atoms with Gasteiger partial charge in [0.15, 0.2) is 0 Å². The van der Waals surface area contributed by atoms with Crippen LogP contribution in [0.2, 0.25) is 10.3 Å². The highest BCUT2D eigenvalue weighted by Gasteiger charge is 2.32.